The minimum Gasteiger partial charge on any atom is -0.294 e. The zero-order valence-corrected chi connectivity index (χ0v) is 7.48. The average Bonchev–Trinajstić information content (AvgIpc) is 2.35. The van der Waals surface area contributed by atoms with Gasteiger partial charge in [-0.05, 0) is 43.0 Å². The molecular weight excluding hydrogens is 148 g/mol. The van der Waals surface area contributed by atoms with E-state index < -0.39 is 0 Å². The summed E-state index contributed by atoms with van der Waals surface area (Å²) in [6.45, 7) is 4.15. The minimum absolute atomic E-state index is 0.313. The fourth-order valence-corrected chi connectivity index (χ4v) is 1.73. The highest BCUT2D eigenvalue weighted by Gasteiger charge is 2.19. The predicted octanol–water partition coefficient (Wildman–Crippen LogP) is 2.43. The lowest BCUT2D eigenvalue weighted by Crippen LogP contribution is -1.93. The van der Waals surface area contributed by atoms with Gasteiger partial charge in [-0.1, -0.05) is 6.07 Å². The van der Waals surface area contributed by atoms with Crippen LogP contribution in [-0.4, -0.2) is 5.78 Å². The van der Waals surface area contributed by atoms with Gasteiger partial charge in [0.25, 0.3) is 0 Å². The summed E-state index contributed by atoms with van der Waals surface area (Å²) in [5.74, 6) is 0.313. The predicted molar refractivity (Wildman–Crippen MR) is 48.6 cm³/mol. The van der Waals surface area contributed by atoms with Crippen molar-refractivity contribution in [1.82, 2.24) is 0 Å². The molecule has 1 heteroatoms. The second-order valence-corrected chi connectivity index (χ2v) is 3.52. The van der Waals surface area contributed by atoms with Crippen molar-refractivity contribution in [3.63, 3.8) is 0 Å². The molecule has 1 aliphatic carbocycles. The summed E-state index contributed by atoms with van der Waals surface area (Å²) in [5.41, 5.74) is 4.72. The maximum absolute atomic E-state index is 11.3. The lowest BCUT2D eigenvalue weighted by molar-refractivity contribution is 0.0994. The zero-order chi connectivity index (χ0) is 8.72. The number of Topliss-reactive ketones (excluding diaryl/α,β-unsaturated/α-hetero) is 1. The first-order valence-corrected chi connectivity index (χ1v) is 4.32. The summed E-state index contributed by atoms with van der Waals surface area (Å²) in [5, 5.41) is 0. The van der Waals surface area contributed by atoms with Gasteiger partial charge < -0.3 is 0 Å². The number of carbonyl (C=O) groups is 1. The number of aryl methyl sites for hydroxylation is 3. The van der Waals surface area contributed by atoms with Crippen LogP contribution in [-0.2, 0) is 6.42 Å². The average molecular weight is 160 g/mol. The van der Waals surface area contributed by atoms with Crippen LogP contribution in [0.1, 0.15) is 33.5 Å². The molecule has 0 unspecified atom stereocenters. The molecule has 0 radical (unpaired) electrons. The van der Waals surface area contributed by atoms with Crippen LogP contribution in [0.2, 0.25) is 0 Å². The fourth-order valence-electron chi connectivity index (χ4n) is 1.73. The fraction of sp³-hybridized carbons (Fsp3) is 0.364. The summed E-state index contributed by atoms with van der Waals surface area (Å²) in [7, 11) is 0. The molecule has 1 aromatic carbocycles. The van der Waals surface area contributed by atoms with Crippen molar-refractivity contribution < 1.29 is 4.79 Å². The number of rotatable bonds is 0. The van der Waals surface area contributed by atoms with Gasteiger partial charge in [0.2, 0.25) is 0 Å². The Morgan fingerprint density at radius 2 is 1.75 bits per heavy atom. The second-order valence-electron chi connectivity index (χ2n) is 3.52. The summed E-state index contributed by atoms with van der Waals surface area (Å²) in [6.07, 6.45) is 1.65. The maximum atomic E-state index is 11.3. The molecule has 0 spiro atoms. The van der Waals surface area contributed by atoms with Crippen LogP contribution >= 0.6 is 0 Å². The maximum Gasteiger partial charge on any atom is 0.163 e. The molecule has 0 atom stereocenters. The van der Waals surface area contributed by atoms with Crippen molar-refractivity contribution in [2.45, 2.75) is 26.7 Å². The number of hydrogen-bond acceptors (Lipinski definition) is 1. The van der Waals surface area contributed by atoms with Crippen LogP contribution in [0.5, 0.6) is 0 Å². The van der Waals surface area contributed by atoms with Crippen molar-refractivity contribution in [2.24, 2.45) is 0 Å². The Morgan fingerprint density at radius 1 is 1.08 bits per heavy atom. The number of fused-ring (bicyclic) bond motifs is 1. The molecule has 1 aromatic rings. The van der Waals surface area contributed by atoms with E-state index in [2.05, 4.69) is 19.9 Å². The first-order chi connectivity index (χ1) is 5.68. The number of carbonyl (C=O) groups excluding carboxylic acids is 1. The third-order valence-electron chi connectivity index (χ3n) is 2.64. The molecule has 0 fully saturated rings. The van der Waals surface area contributed by atoms with E-state index in [-0.39, 0.29) is 0 Å². The summed E-state index contributed by atoms with van der Waals surface area (Å²) >= 11 is 0. The third kappa shape index (κ3) is 0.970. The molecule has 1 aliphatic rings. The Morgan fingerprint density at radius 3 is 2.50 bits per heavy atom. The summed E-state index contributed by atoms with van der Waals surface area (Å²) < 4.78 is 0. The number of ketones is 1. The van der Waals surface area contributed by atoms with Gasteiger partial charge in [-0.25, -0.2) is 0 Å². The standard InChI is InChI=1S/C11H12O/c1-7-5-9-3-4-11(12)10(9)6-8(7)2/h5-6H,3-4H2,1-2H3. The molecule has 0 aliphatic heterocycles. The van der Waals surface area contributed by atoms with E-state index in [0.29, 0.717) is 12.2 Å². The molecule has 0 saturated heterocycles. The van der Waals surface area contributed by atoms with Crippen molar-refractivity contribution in [1.29, 1.82) is 0 Å². The molecule has 0 bridgehead atoms. The van der Waals surface area contributed by atoms with E-state index in [1.54, 1.807) is 0 Å². The van der Waals surface area contributed by atoms with E-state index in [1.165, 1.54) is 16.7 Å². The van der Waals surface area contributed by atoms with Crippen molar-refractivity contribution >= 4 is 5.78 Å². The van der Waals surface area contributed by atoms with Gasteiger partial charge in [0, 0.05) is 12.0 Å². The van der Waals surface area contributed by atoms with Gasteiger partial charge >= 0.3 is 0 Å². The third-order valence-corrected chi connectivity index (χ3v) is 2.64. The van der Waals surface area contributed by atoms with E-state index in [9.17, 15) is 4.79 Å². The van der Waals surface area contributed by atoms with Crippen LogP contribution in [0.4, 0.5) is 0 Å². The van der Waals surface area contributed by atoms with Gasteiger partial charge in [0.1, 0.15) is 0 Å². The van der Waals surface area contributed by atoms with E-state index in [4.69, 9.17) is 0 Å². The minimum atomic E-state index is 0.313. The molecule has 0 heterocycles. The normalized spacial score (nSPS) is 15.0. The quantitative estimate of drug-likeness (QED) is 0.569. The van der Waals surface area contributed by atoms with Gasteiger partial charge in [0.15, 0.2) is 5.78 Å². The Balaban J connectivity index is 2.63. The topological polar surface area (TPSA) is 17.1 Å². The summed E-state index contributed by atoms with van der Waals surface area (Å²) in [6, 6.07) is 4.18. The molecule has 0 amide bonds. The summed E-state index contributed by atoms with van der Waals surface area (Å²) in [4.78, 5) is 11.3. The highest BCUT2D eigenvalue weighted by atomic mass is 16.1. The smallest absolute Gasteiger partial charge is 0.163 e. The Labute approximate surface area is 72.4 Å². The van der Waals surface area contributed by atoms with Crippen LogP contribution in [0.25, 0.3) is 0 Å². The number of hydrogen-bond donors (Lipinski definition) is 0. The SMILES string of the molecule is Cc1cc2c(cc1C)C(=O)CC2. The number of benzene rings is 1. The Hall–Kier alpha value is -1.11. The molecule has 0 N–H and O–H groups in total. The van der Waals surface area contributed by atoms with Gasteiger partial charge in [-0.3, -0.25) is 4.79 Å². The van der Waals surface area contributed by atoms with Gasteiger partial charge in [-0.15, -0.1) is 0 Å². The van der Waals surface area contributed by atoms with Crippen LogP contribution in [0, 0.1) is 13.8 Å². The van der Waals surface area contributed by atoms with E-state index in [0.717, 1.165) is 12.0 Å². The first-order valence-electron chi connectivity index (χ1n) is 4.32. The van der Waals surface area contributed by atoms with E-state index >= 15 is 0 Å². The second kappa shape index (κ2) is 2.44. The van der Waals surface area contributed by atoms with E-state index in [1.807, 2.05) is 6.07 Å². The van der Waals surface area contributed by atoms with Gasteiger partial charge in [0.05, 0.1) is 0 Å². The monoisotopic (exact) mass is 160 g/mol. The van der Waals surface area contributed by atoms with Crippen molar-refractivity contribution in [3.8, 4) is 0 Å². The van der Waals surface area contributed by atoms with Gasteiger partial charge in [-0.2, -0.15) is 0 Å². The van der Waals surface area contributed by atoms with Crippen LogP contribution in [0.15, 0.2) is 12.1 Å². The Bertz CT molecular complexity index is 350. The molecule has 2 rings (SSSR count). The lowest BCUT2D eigenvalue weighted by atomic mass is 10.0. The Kier molecular flexibility index (Phi) is 1.53. The zero-order valence-electron chi connectivity index (χ0n) is 7.48. The highest BCUT2D eigenvalue weighted by molar-refractivity contribution is 6.00. The molecule has 12 heavy (non-hydrogen) atoms. The molecule has 1 nitrogen and oxygen atoms in total. The lowest BCUT2D eigenvalue weighted by Gasteiger charge is -2.03. The van der Waals surface area contributed by atoms with Crippen molar-refractivity contribution in [3.05, 3.63) is 34.4 Å². The molecular formula is C11H12O. The first kappa shape index (κ1) is 7.53. The molecule has 62 valence electrons. The molecule has 0 aromatic heterocycles. The van der Waals surface area contributed by atoms with Crippen molar-refractivity contribution in [2.75, 3.05) is 0 Å². The van der Waals surface area contributed by atoms with Crippen LogP contribution in [0.3, 0.4) is 0 Å². The van der Waals surface area contributed by atoms with Crippen LogP contribution < -0.4 is 0 Å². The molecule has 0 saturated carbocycles. The largest absolute Gasteiger partial charge is 0.294 e. The highest BCUT2D eigenvalue weighted by Crippen LogP contribution is 2.24.